The molecular formula is C26H18N4O2S. The third-order valence-electron chi connectivity index (χ3n) is 5.05. The number of fused-ring (bicyclic) bond motifs is 1. The predicted molar refractivity (Wildman–Crippen MR) is 129 cm³/mol. The van der Waals surface area contributed by atoms with Crippen LogP contribution in [0.4, 0.5) is 0 Å². The second kappa shape index (κ2) is 9.07. The Morgan fingerprint density at radius 3 is 2.27 bits per heavy atom. The maximum absolute atomic E-state index is 10.7. The lowest BCUT2D eigenvalue weighted by molar-refractivity contribution is 0.418. The Morgan fingerprint density at radius 1 is 0.909 bits per heavy atom. The third-order valence-corrected chi connectivity index (χ3v) is 5.89. The average molecular weight is 451 g/mol. The molecule has 0 amide bonds. The molecule has 3 aromatic carbocycles. The molecule has 0 spiro atoms. The van der Waals surface area contributed by atoms with Crippen LogP contribution < -0.4 is 0 Å². The van der Waals surface area contributed by atoms with Gasteiger partial charge in [-0.1, -0.05) is 84.6 Å². The van der Waals surface area contributed by atoms with Gasteiger partial charge in [-0.05, 0) is 12.1 Å². The summed E-state index contributed by atoms with van der Waals surface area (Å²) in [5.74, 6) is 1.01. The molecule has 6 nitrogen and oxygen atoms in total. The number of hydrogen-bond donors (Lipinski definition) is 2. The largest absolute Gasteiger partial charge is 0.510 e. The van der Waals surface area contributed by atoms with Gasteiger partial charge in [0.2, 0.25) is 0 Å². The molecule has 2 N–H and O–H groups in total. The number of aromatic amines is 1. The predicted octanol–water partition coefficient (Wildman–Crippen LogP) is 6.47. The fraction of sp³-hybridized carbons (Fsp3) is 0.0385. The van der Waals surface area contributed by atoms with Crippen LogP contribution in [0.3, 0.4) is 0 Å². The summed E-state index contributed by atoms with van der Waals surface area (Å²) in [6.07, 6.45) is 0. The highest BCUT2D eigenvalue weighted by Crippen LogP contribution is 2.36. The topological polar surface area (TPSA) is 98.7 Å². The lowest BCUT2D eigenvalue weighted by atomic mass is 10.1. The van der Waals surface area contributed by atoms with E-state index in [4.69, 9.17) is 4.42 Å². The molecule has 160 valence electrons. The fourth-order valence-corrected chi connectivity index (χ4v) is 4.17. The summed E-state index contributed by atoms with van der Waals surface area (Å²) < 4.78 is 6.08. The molecule has 5 rings (SSSR count). The van der Waals surface area contributed by atoms with Crippen molar-refractivity contribution in [1.82, 2.24) is 15.0 Å². The van der Waals surface area contributed by atoms with Gasteiger partial charge in [-0.2, -0.15) is 5.26 Å². The number of aliphatic hydroxyl groups is 1. The summed E-state index contributed by atoms with van der Waals surface area (Å²) in [6.45, 7) is 0. The normalized spacial score (nSPS) is 11.8. The molecule has 0 aliphatic heterocycles. The number of imidazole rings is 1. The number of nitrogens with zero attached hydrogens (tertiary/aromatic N) is 3. The van der Waals surface area contributed by atoms with Crippen LogP contribution in [0, 0.1) is 11.3 Å². The molecule has 7 heteroatoms. The zero-order valence-corrected chi connectivity index (χ0v) is 18.2. The molecule has 0 atom stereocenters. The van der Waals surface area contributed by atoms with E-state index in [1.807, 2.05) is 84.9 Å². The van der Waals surface area contributed by atoms with E-state index in [2.05, 4.69) is 21.0 Å². The molecule has 2 aromatic heterocycles. The van der Waals surface area contributed by atoms with Crippen molar-refractivity contribution in [3.8, 4) is 28.7 Å². The minimum atomic E-state index is -0.0951. The molecule has 0 bridgehead atoms. The highest BCUT2D eigenvalue weighted by molar-refractivity contribution is 7.99. The zero-order valence-electron chi connectivity index (χ0n) is 17.4. The molecule has 5 aromatic rings. The maximum Gasteiger partial charge on any atom is 0.257 e. The van der Waals surface area contributed by atoms with Crippen LogP contribution in [0.25, 0.3) is 39.2 Å². The van der Waals surface area contributed by atoms with Gasteiger partial charge in [0.25, 0.3) is 5.22 Å². The van der Waals surface area contributed by atoms with Gasteiger partial charge >= 0.3 is 0 Å². The van der Waals surface area contributed by atoms with Gasteiger partial charge in [0.15, 0.2) is 11.6 Å². The van der Waals surface area contributed by atoms with Crippen molar-refractivity contribution in [2.45, 2.75) is 5.22 Å². The number of rotatable bonds is 6. The number of nitrogens with one attached hydrogen (secondary N) is 1. The molecule has 0 fully saturated rings. The lowest BCUT2D eigenvalue weighted by Crippen LogP contribution is -1.95. The second-order valence-corrected chi connectivity index (χ2v) is 8.14. The van der Waals surface area contributed by atoms with Gasteiger partial charge in [0, 0.05) is 11.1 Å². The summed E-state index contributed by atoms with van der Waals surface area (Å²) in [6, 6.07) is 29.1. The Labute approximate surface area is 194 Å². The van der Waals surface area contributed by atoms with Crippen molar-refractivity contribution >= 4 is 28.4 Å². The molecule has 0 aliphatic carbocycles. The van der Waals surface area contributed by atoms with Crippen molar-refractivity contribution in [1.29, 1.82) is 5.26 Å². The van der Waals surface area contributed by atoms with Gasteiger partial charge in [-0.3, -0.25) is 0 Å². The first-order valence-corrected chi connectivity index (χ1v) is 11.2. The monoisotopic (exact) mass is 450 g/mol. The third kappa shape index (κ3) is 4.25. The maximum atomic E-state index is 10.7. The first kappa shape index (κ1) is 20.6. The van der Waals surface area contributed by atoms with E-state index >= 15 is 0 Å². The molecule has 0 saturated heterocycles. The van der Waals surface area contributed by atoms with E-state index in [0.29, 0.717) is 16.8 Å². The van der Waals surface area contributed by atoms with Crippen LogP contribution in [0.15, 0.2) is 100 Å². The molecule has 2 heterocycles. The van der Waals surface area contributed by atoms with Gasteiger partial charge in [0.05, 0.1) is 16.8 Å². The number of hydrogen-bond acceptors (Lipinski definition) is 6. The van der Waals surface area contributed by atoms with Gasteiger partial charge in [0.1, 0.15) is 23.1 Å². The van der Waals surface area contributed by atoms with Crippen molar-refractivity contribution < 1.29 is 9.52 Å². The summed E-state index contributed by atoms with van der Waals surface area (Å²) in [5.41, 5.74) is 4.20. The van der Waals surface area contributed by atoms with Crippen LogP contribution in [0.1, 0.15) is 5.82 Å². The molecule has 0 radical (unpaired) electrons. The molecular weight excluding hydrogens is 432 g/mol. The fourth-order valence-electron chi connectivity index (χ4n) is 3.47. The van der Waals surface area contributed by atoms with Gasteiger partial charge < -0.3 is 14.5 Å². The number of thioether (sulfide) groups is 1. The minimum absolute atomic E-state index is 0.0943. The van der Waals surface area contributed by atoms with E-state index in [9.17, 15) is 10.4 Å². The Bertz CT molecular complexity index is 1390. The zero-order chi connectivity index (χ0) is 22.6. The number of nitriles is 1. The SMILES string of the molecule is N#CC(=C(O)CSc1nc(-c2ccccc2)c(-c2ccccc2)o1)c1nc2ccccc2[nH]1. The Morgan fingerprint density at radius 2 is 1.58 bits per heavy atom. The van der Waals surface area contributed by atoms with Crippen LogP contribution >= 0.6 is 11.8 Å². The Kier molecular flexibility index (Phi) is 5.66. The van der Waals surface area contributed by atoms with Crippen molar-refractivity contribution in [2.75, 3.05) is 5.75 Å². The van der Waals surface area contributed by atoms with Gasteiger partial charge in [-0.15, -0.1) is 0 Å². The molecule has 0 aliphatic rings. The smallest absolute Gasteiger partial charge is 0.257 e. The number of allylic oxidation sites excluding steroid dienone is 1. The first-order chi connectivity index (χ1) is 16.2. The number of oxazole rings is 1. The highest BCUT2D eigenvalue weighted by Gasteiger charge is 2.19. The summed E-state index contributed by atoms with van der Waals surface area (Å²) in [4.78, 5) is 12.2. The van der Waals surface area contributed by atoms with E-state index in [0.717, 1.165) is 27.9 Å². The Balaban J connectivity index is 1.45. The summed E-state index contributed by atoms with van der Waals surface area (Å²) >= 11 is 1.22. The highest BCUT2D eigenvalue weighted by atomic mass is 32.2. The first-order valence-electron chi connectivity index (χ1n) is 10.2. The molecule has 0 unspecified atom stereocenters. The molecule has 33 heavy (non-hydrogen) atoms. The number of H-pyrrole nitrogens is 1. The minimum Gasteiger partial charge on any atom is -0.510 e. The standard InChI is InChI=1S/C26H18N4O2S/c27-15-19(25-28-20-13-7-8-14-21(20)29-25)22(31)16-33-26-30-23(17-9-3-1-4-10-17)24(32-26)18-11-5-2-6-12-18/h1-14,31H,16H2,(H,28,29). The van der Waals surface area contributed by atoms with Crippen molar-refractivity contribution in [2.24, 2.45) is 0 Å². The van der Waals surface area contributed by atoms with E-state index in [-0.39, 0.29) is 17.1 Å². The number of para-hydroxylation sites is 2. The van der Waals surface area contributed by atoms with Crippen LogP contribution in [-0.2, 0) is 0 Å². The van der Waals surface area contributed by atoms with Crippen molar-refractivity contribution in [3.05, 3.63) is 96.5 Å². The quantitative estimate of drug-likeness (QED) is 0.175. The average Bonchev–Trinajstić information content (AvgIpc) is 3.49. The number of aromatic nitrogens is 3. The number of benzene rings is 3. The van der Waals surface area contributed by atoms with E-state index in [1.165, 1.54) is 11.8 Å². The second-order valence-electron chi connectivity index (χ2n) is 7.21. The summed E-state index contributed by atoms with van der Waals surface area (Å²) in [7, 11) is 0. The summed E-state index contributed by atoms with van der Waals surface area (Å²) in [5, 5.41) is 20.7. The van der Waals surface area contributed by atoms with Crippen LogP contribution in [0.5, 0.6) is 0 Å². The van der Waals surface area contributed by atoms with Crippen molar-refractivity contribution in [3.63, 3.8) is 0 Å². The van der Waals surface area contributed by atoms with E-state index < -0.39 is 0 Å². The van der Waals surface area contributed by atoms with Crippen LogP contribution in [0.2, 0.25) is 0 Å². The van der Waals surface area contributed by atoms with Crippen LogP contribution in [-0.4, -0.2) is 25.8 Å². The number of aliphatic hydroxyl groups excluding tert-OH is 1. The van der Waals surface area contributed by atoms with Gasteiger partial charge in [-0.25, -0.2) is 9.97 Å². The molecule has 0 saturated carbocycles. The lowest BCUT2D eigenvalue weighted by Gasteiger charge is -2.01. The van der Waals surface area contributed by atoms with E-state index in [1.54, 1.807) is 0 Å². The Hall–Kier alpha value is -4.28.